The molecule has 0 spiro atoms. The van der Waals surface area contributed by atoms with Crippen LogP contribution in [0.15, 0.2) is 34.2 Å². The lowest BCUT2D eigenvalue weighted by Gasteiger charge is -2.29. The van der Waals surface area contributed by atoms with Gasteiger partial charge >= 0.3 is 12.2 Å². The molecule has 2 heterocycles. The molecule has 132 valence electrons. The molecule has 0 bridgehead atoms. The zero-order chi connectivity index (χ0) is 17.8. The molecule has 0 aliphatic carbocycles. The van der Waals surface area contributed by atoms with E-state index in [1.165, 1.54) is 16.2 Å². The van der Waals surface area contributed by atoms with E-state index >= 15 is 0 Å². The average molecular weight is 426 g/mol. The minimum atomic E-state index is -0.938. The Morgan fingerprint density at radius 2 is 2.04 bits per heavy atom. The summed E-state index contributed by atoms with van der Waals surface area (Å²) in [6.07, 6.45) is -0.762. The maximum atomic E-state index is 12.2. The van der Waals surface area contributed by atoms with Crippen molar-refractivity contribution in [2.24, 2.45) is 0 Å². The van der Waals surface area contributed by atoms with Crippen LogP contribution in [-0.2, 0) is 4.74 Å². The van der Waals surface area contributed by atoms with Crippen molar-refractivity contribution in [3.8, 4) is 10.6 Å². The number of ether oxygens (including phenoxy) is 1. The number of thiazole rings is 1. The van der Waals surface area contributed by atoms with Crippen LogP contribution in [0.4, 0.5) is 15.3 Å². The summed E-state index contributed by atoms with van der Waals surface area (Å²) in [6, 6.07) is 7.38. The number of likely N-dealkylation sites (tertiary alicyclic amines) is 1. The fourth-order valence-corrected chi connectivity index (χ4v) is 3.90. The number of anilines is 1. The zero-order valence-corrected chi connectivity index (χ0v) is 15.5. The lowest BCUT2D eigenvalue weighted by atomic mass is 10.1. The number of para-hydroxylation sites is 1. The van der Waals surface area contributed by atoms with Crippen molar-refractivity contribution in [3.05, 3.63) is 34.2 Å². The van der Waals surface area contributed by atoms with Gasteiger partial charge in [-0.15, -0.1) is 11.3 Å². The molecule has 1 aromatic carbocycles. The molecule has 0 radical (unpaired) electrons. The number of nitrogens with zero attached hydrogens (tertiary/aromatic N) is 2. The van der Waals surface area contributed by atoms with E-state index in [2.05, 4.69) is 26.2 Å². The maximum Gasteiger partial charge on any atom is 0.411 e. The number of rotatable bonds is 3. The Kier molecular flexibility index (Phi) is 5.54. The largest absolute Gasteiger partial charge is 0.465 e. The number of halogens is 1. The fraction of sp³-hybridized carbons (Fsp3) is 0.312. The molecule has 2 aromatic rings. The summed E-state index contributed by atoms with van der Waals surface area (Å²) in [5.74, 6) is 0. The Balaban J connectivity index is 1.61. The van der Waals surface area contributed by atoms with E-state index in [9.17, 15) is 9.59 Å². The Hall–Kier alpha value is -2.13. The van der Waals surface area contributed by atoms with Gasteiger partial charge in [-0.1, -0.05) is 12.1 Å². The lowest BCUT2D eigenvalue weighted by Crippen LogP contribution is -2.41. The smallest absolute Gasteiger partial charge is 0.411 e. The third-order valence-electron chi connectivity index (χ3n) is 3.86. The summed E-state index contributed by atoms with van der Waals surface area (Å²) in [7, 11) is 0. The highest BCUT2D eigenvalue weighted by Crippen LogP contribution is 2.32. The molecule has 1 saturated heterocycles. The molecule has 3 rings (SSSR count). The number of benzene rings is 1. The van der Waals surface area contributed by atoms with Crippen LogP contribution in [0.1, 0.15) is 12.8 Å². The van der Waals surface area contributed by atoms with Crippen LogP contribution < -0.4 is 5.32 Å². The van der Waals surface area contributed by atoms with Crippen LogP contribution >= 0.6 is 27.3 Å². The third-order valence-corrected chi connectivity index (χ3v) is 5.44. The van der Waals surface area contributed by atoms with Crippen LogP contribution in [0, 0.1) is 0 Å². The van der Waals surface area contributed by atoms with Gasteiger partial charge in [0.1, 0.15) is 15.7 Å². The summed E-state index contributed by atoms with van der Waals surface area (Å²) < 4.78 is 6.17. The minimum absolute atomic E-state index is 0.281. The number of hydrogen-bond acceptors (Lipinski definition) is 5. The molecule has 25 heavy (non-hydrogen) atoms. The minimum Gasteiger partial charge on any atom is -0.465 e. The molecule has 1 aromatic heterocycles. The van der Waals surface area contributed by atoms with E-state index in [1.807, 2.05) is 23.6 Å². The van der Waals surface area contributed by atoms with Gasteiger partial charge in [0, 0.05) is 36.9 Å². The van der Waals surface area contributed by atoms with Crippen molar-refractivity contribution in [1.29, 1.82) is 0 Å². The topological polar surface area (TPSA) is 91.8 Å². The van der Waals surface area contributed by atoms with E-state index in [0.717, 1.165) is 15.2 Å². The first-order valence-electron chi connectivity index (χ1n) is 7.69. The summed E-state index contributed by atoms with van der Waals surface area (Å²) in [6.45, 7) is 0.744. The number of carbonyl (C=O) groups is 2. The normalized spacial score (nSPS) is 15.0. The summed E-state index contributed by atoms with van der Waals surface area (Å²) >= 11 is 4.80. The summed E-state index contributed by atoms with van der Waals surface area (Å²) in [4.78, 5) is 28.8. The summed E-state index contributed by atoms with van der Waals surface area (Å²) in [5.41, 5.74) is 1.44. The molecule has 1 aliphatic rings. The molecule has 1 fully saturated rings. The van der Waals surface area contributed by atoms with Gasteiger partial charge in [0.15, 0.2) is 0 Å². The van der Waals surface area contributed by atoms with Crippen molar-refractivity contribution in [2.45, 2.75) is 18.9 Å². The van der Waals surface area contributed by atoms with E-state index in [4.69, 9.17) is 9.84 Å². The van der Waals surface area contributed by atoms with Gasteiger partial charge in [-0.05, 0) is 28.1 Å². The highest BCUT2D eigenvalue weighted by Gasteiger charge is 2.25. The molecular formula is C16H16BrN3O4S. The second kappa shape index (κ2) is 7.83. The number of piperidine rings is 1. The van der Waals surface area contributed by atoms with Crippen LogP contribution in [0.3, 0.4) is 0 Å². The van der Waals surface area contributed by atoms with E-state index < -0.39 is 12.2 Å². The predicted octanol–water partition coefficient (Wildman–Crippen LogP) is 4.26. The van der Waals surface area contributed by atoms with Gasteiger partial charge in [0.25, 0.3) is 0 Å². The number of amides is 2. The second-order valence-electron chi connectivity index (χ2n) is 5.52. The predicted molar refractivity (Wildman–Crippen MR) is 98.0 cm³/mol. The number of aromatic nitrogens is 1. The Morgan fingerprint density at radius 1 is 1.32 bits per heavy atom. The molecule has 9 heteroatoms. The number of carboxylic acid groups (broad SMARTS) is 1. The first-order chi connectivity index (χ1) is 12.0. The van der Waals surface area contributed by atoms with Crippen LogP contribution in [0.25, 0.3) is 10.6 Å². The van der Waals surface area contributed by atoms with E-state index in [1.54, 1.807) is 6.07 Å². The average Bonchev–Trinajstić information content (AvgIpc) is 3.02. The van der Waals surface area contributed by atoms with Gasteiger partial charge < -0.3 is 14.7 Å². The molecule has 0 saturated carbocycles. The van der Waals surface area contributed by atoms with E-state index in [0.29, 0.717) is 31.6 Å². The molecule has 7 nitrogen and oxygen atoms in total. The maximum absolute atomic E-state index is 12.2. The highest BCUT2D eigenvalue weighted by molar-refractivity contribution is 9.10. The lowest BCUT2D eigenvalue weighted by molar-refractivity contribution is 0.0583. The van der Waals surface area contributed by atoms with Gasteiger partial charge in [0.2, 0.25) is 0 Å². The number of nitrogens with one attached hydrogen (secondary N) is 1. The van der Waals surface area contributed by atoms with Gasteiger partial charge in [-0.25, -0.2) is 14.6 Å². The van der Waals surface area contributed by atoms with Crippen molar-refractivity contribution in [3.63, 3.8) is 0 Å². The molecule has 0 unspecified atom stereocenters. The van der Waals surface area contributed by atoms with Gasteiger partial charge in [-0.2, -0.15) is 0 Å². The van der Waals surface area contributed by atoms with Crippen molar-refractivity contribution >= 4 is 45.1 Å². The number of hydrogen-bond donors (Lipinski definition) is 2. The third kappa shape index (κ3) is 4.49. The summed E-state index contributed by atoms with van der Waals surface area (Å²) in [5, 5.41) is 14.4. The zero-order valence-electron chi connectivity index (χ0n) is 13.1. The Morgan fingerprint density at radius 3 is 2.68 bits per heavy atom. The first-order valence-corrected chi connectivity index (χ1v) is 9.36. The van der Waals surface area contributed by atoms with Crippen molar-refractivity contribution < 1.29 is 19.4 Å². The first kappa shape index (κ1) is 17.7. The van der Waals surface area contributed by atoms with Crippen LogP contribution in [0.5, 0.6) is 0 Å². The van der Waals surface area contributed by atoms with Crippen LogP contribution in [0.2, 0.25) is 0 Å². The molecule has 0 atom stereocenters. The van der Waals surface area contributed by atoms with Crippen molar-refractivity contribution in [1.82, 2.24) is 9.88 Å². The molecule has 1 aliphatic heterocycles. The fourth-order valence-electron chi connectivity index (χ4n) is 2.61. The monoisotopic (exact) mass is 425 g/mol. The molecule has 2 amide bonds. The quantitative estimate of drug-likeness (QED) is 0.765. The second-order valence-corrected chi connectivity index (χ2v) is 7.19. The van der Waals surface area contributed by atoms with Gasteiger partial charge in [-0.3, -0.25) is 5.32 Å². The Bertz CT molecular complexity index is 774. The van der Waals surface area contributed by atoms with Gasteiger partial charge in [0.05, 0.1) is 5.69 Å². The van der Waals surface area contributed by atoms with E-state index in [-0.39, 0.29) is 6.10 Å². The van der Waals surface area contributed by atoms with Crippen LogP contribution in [-0.4, -0.2) is 46.4 Å². The molecular weight excluding hydrogens is 410 g/mol. The molecule has 2 N–H and O–H groups in total. The van der Waals surface area contributed by atoms with Crippen molar-refractivity contribution in [2.75, 3.05) is 18.4 Å². The SMILES string of the molecule is O=C(Nc1ccccc1-c1nc(Br)cs1)OC1CCN(C(=O)O)CC1. The number of carbonyl (C=O) groups excluding carboxylic acids is 1. The highest BCUT2D eigenvalue weighted by atomic mass is 79.9. The Labute approximate surface area is 156 Å². The standard InChI is InChI=1S/C16H16BrN3O4S/c17-13-9-25-14(19-13)11-3-1-2-4-12(11)18-15(21)24-10-5-7-20(8-6-10)16(22)23/h1-4,9-10H,5-8H2,(H,18,21)(H,22,23).